The summed E-state index contributed by atoms with van der Waals surface area (Å²) in [4.78, 5) is 7.95. The second kappa shape index (κ2) is 6.73. The zero-order valence-corrected chi connectivity index (χ0v) is 10.5. The van der Waals surface area contributed by atoms with E-state index in [1.54, 1.807) is 6.20 Å². The van der Waals surface area contributed by atoms with Crippen molar-refractivity contribution >= 4 is 36.6 Å². The first-order valence-corrected chi connectivity index (χ1v) is 4.86. The van der Waals surface area contributed by atoms with Crippen LogP contribution in [0.2, 0.25) is 0 Å². The highest BCUT2D eigenvalue weighted by Crippen LogP contribution is 2.27. The van der Waals surface area contributed by atoms with Gasteiger partial charge >= 0.3 is 0 Å². The summed E-state index contributed by atoms with van der Waals surface area (Å²) in [6.45, 7) is 2.07. The summed E-state index contributed by atoms with van der Waals surface area (Å²) in [6.07, 6.45) is 3.95. The molecule has 5 nitrogen and oxygen atoms in total. The van der Waals surface area contributed by atoms with E-state index in [0.717, 1.165) is 31.5 Å². The molecular weight excluding hydrogens is 249 g/mol. The molecule has 0 unspecified atom stereocenters. The first-order chi connectivity index (χ1) is 6.77. The maximum atomic E-state index is 5.80. The molecule has 92 valence electrons. The van der Waals surface area contributed by atoms with Crippen molar-refractivity contribution in [3.8, 4) is 0 Å². The molecule has 0 aromatic carbocycles. The van der Waals surface area contributed by atoms with Gasteiger partial charge in [0.25, 0.3) is 0 Å². The molecule has 0 aliphatic carbocycles. The standard InChI is InChI=1S/C9H15N5.2ClH/c10-8-7(5-13-9(11)14-8)6-1-3-12-4-2-6;;/h5-6,12H,1-4H2,(H4,10,11,13,14);2*1H. The number of nitrogens with zero attached hydrogens (tertiary/aromatic N) is 2. The van der Waals surface area contributed by atoms with Gasteiger partial charge in [0.2, 0.25) is 5.95 Å². The summed E-state index contributed by atoms with van der Waals surface area (Å²) in [7, 11) is 0. The Labute approximate surface area is 107 Å². The molecule has 5 N–H and O–H groups in total. The second-order valence-corrected chi connectivity index (χ2v) is 3.59. The van der Waals surface area contributed by atoms with E-state index in [9.17, 15) is 0 Å². The number of nitrogens with two attached hydrogens (primary N) is 2. The Balaban J connectivity index is 0.00000112. The third-order valence-electron chi connectivity index (χ3n) is 2.65. The van der Waals surface area contributed by atoms with Gasteiger partial charge in [-0.25, -0.2) is 4.98 Å². The summed E-state index contributed by atoms with van der Waals surface area (Å²) in [5.41, 5.74) is 12.3. The minimum atomic E-state index is 0. The normalized spacial score (nSPS) is 16.0. The van der Waals surface area contributed by atoms with E-state index in [0.29, 0.717) is 11.7 Å². The topological polar surface area (TPSA) is 89.8 Å². The minimum absolute atomic E-state index is 0. The van der Waals surface area contributed by atoms with E-state index < -0.39 is 0 Å². The van der Waals surface area contributed by atoms with Crippen LogP contribution in [0.15, 0.2) is 6.20 Å². The molecule has 1 saturated heterocycles. The van der Waals surface area contributed by atoms with Crippen LogP contribution in [0.5, 0.6) is 0 Å². The predicted octanol–water partition coefficient (Wildman–Crippen LogP) is 0.952. The monoisotopic (exact) mass is 265 g/mol. The van der Waals surface area contributed by atoms with Gasteiger partial charge in [-0.05, 0) is 31.8 Å². The van der Waals surface area contributed by atoms with E-state index in [1.807, 2.05) is 0 Å². The van der Waals surface area contributed by atoms with Crippen molar-refractivity contribution in [3.63, 3.8) is 0 Å². The van der Waals surface area contributed by atoms with Crippen LogP contribution in [0.1, 0.15) is 24.3 Å². The van der Waals surface area contributed by atoms with Gasteiger partial charge in [0.15, 0.2) is 0 Å². The number of aromatic nitrogens is 2. The van der Waals surface area contributed by atoms with Gasteiger partial charge < -0.3 is 16.8 Å². The highest BCUT2D eigenvalue weighted by Gasteiger charge is 2.18. The first kappa shape index (κ1) is 15.2. The maximum absolute atomic E-state index is 5.80. The summed E-state index contributed by atoms with van der Waals surface area (Å²) in [5.74, 6) is 1.27. The van der Waals surface area contributed by atoms with Gasteiger partial charge in [0, 0.05) is 11.8 Å². The van der Waals surface area contributed by atoms with Crippen molar-refractivity contribution in [1.29, 1.82) is 0 Å². The van der Waals surface area contributed by atoms with E-state index in [4.69, 9.17) is 11.5 Å². The number of nitrogens with one attached hydrogen (secondary N) is 1. The fourth-order valence-electron chi connectivity index (χ4n) is 1.87. The lowest BCUT2D eigenvalue weighted by molar-refractivity contribution is 0.460. The summed E-state index contributed by atoms with van der Waals surface area (Å²) < 4.78 is 0. The quantitative estimate of drug-likeness (QED) is 0.704. The van der Waals surface area contributed by atoms with Crippen LogP contribution < -0.4 is 16.8 Å². The molecule has 7 heteroatoms. The third-order valence-corrected chi connectivity index (χ3v) is 2.65. The van der Waals surface area contributed by atoms with E-state index in [1.165, 1.54) is 0 Å². The molecule has 16 heavy (non-hydrogen) atoms. The molecule has 1 aromatic heterocycles. The van der Waals surface area contributed by atoms with Crippen molar-refractivity contribution in [2.75, 3.05) is 24.6 Å². The summed E-state index contributed by atoms with van der Waals surface area (Å²) >= 11 is 0. The smallest absolute Gasteiger partial charge is 0.221 e. The van der Waals surface area contributed by atoms with Gasteiger partial charge in [-0.15, -0.1) is 24.8 Å². The van der Waals surface area contributed by atoms with Crippen molar-refractivity contribution in [1.82, 2.24) is 15.3 Å². The molecule has 0 saturated carbocycles. The molecule has 1 aromatic rings. The van der Waals surface area contributed by atoms with E-state index in [2.05, 4.69) is 15.3 Å². The lowest BCUT2D eigenvalue weighted by atomic mass is 9.91. The number of anilines is 2. The number of hydrogen-bond acceptors (Lipinski definition) is 5. The first-order valence-electron chi connectivity index (χ1n) is 4.86. The zero-order chi connectivity index (χ0) is 9.97. The van der Waals surface area contributed by atoms with Crippen molar-refractivity contribution in [2.24, 2.45) is 0 Å². The van der Waals surface area contributed by atoms with Gasteiger partial charge in [0.05, 0.1) is 0 Å². The number of hydrogen-bond donors (Lipinski definition) is 3. The van der Waals surface area contributed by atoms with Gasteiger partial charge in [-0.2, -0.15) is 4.98 Å². The number of piperidine rings is 1. The highest BCUT2D eigenvalue weighted by atomic mass is 35.5. The minimum Gasteiger partial charge on any atom is -0.383 e. The Hall–Kier alpha value is -0.780. The molecule has 2 rings (SSSR count). The van der Waals surface area contributed by atoms with Crippen LogP contribution in [-0.4, -0.2) is 23.1 Å². The van der Waals surface area contributed by atoms with E-state index in [-0.39, 0.29) is 30.8 Å². The third kappa shape index (κ3) is 3.37. The Morgan fingerprint density at radius 2 is 1.81 bits per heavy atom. The average molecular weight is 266 g/mol. The van der Waals surface area contributed by atoms with Crippen LogP contribution in [0, 0.1) is 0 Å². The molecule has 0 amide bonds. The Morgan fingerprint density at radius 3 is 2.38 bits per heavy atom. The molecule has 0 bridgehead atoms. The van der Waals surface area contributed by atoms with Gasteiger partial charge in [0.1, 0.15) is 5.82 Å². The Morgan fingerprint density at radius 1 is 1.19 bits per heavy atom. The average Bonchev–Trinajstić information content (AvgIpc) is 2.19. The highest BCUT2D eigenvalue weighted by molar-refractivity contribution is 5.85. The molecule has 2 heterocycles. The molecule has 1 aliphatic rings. The van der Waals surface area contributed by atoms with E-state index >= 15 is 0 Å². The lowest BCUT2D eigenvalue weighted by Gasteiger charge is -2.23. The number of rotatable bonds is 1. The molecule has 1 fully saturated rings. The molecule has 0 atom stereocenters. The molecule has 0 radical (unpaired) electrons. The lowest BCUT2D eigenvalue weighted by Crippen LogP contribution is -2.27. The van der Waals surface area contributed by atoms with Gasteiger partial charge in [-0.1, -0.05) is 0 Å². The van der Waals surface area contributed by atoms with Crippen LogP contribution in [0.4, 0.5) is 11.8 Å². The number of nitrogen functional groups attached to an aromatic ring is 2. The van der Waals surface area contributed by atoms with Gasteiger partial charge in [-0.3, -0.25) is 0 Å². The predicted molar refractivity (Wildman–Crippen MR) is 70.2 cm³/mol. The fourth-order valence-corrected chi connectivity index (χ4v) is 1.87. The second-order valence-electron chi connectivity index (χ2n) is 3.59. The Bertz CT molecular complexity index is 328. The fraction of sp³-hybridized carbons (Fsp3) is 0.556. The zero-order valence-electron chi connectivity index (χ0n) is 8.85. The SMILES string of the molecule is Cl.Cl.Nc1ncc(C2CCNCC2)c(N)n1. The number of halogens is 2. The van der Waals surface area contributed by atoms with Crippen LogP contribution >= 0.6 is 24.8 Å². The van der Waals surface area contributed by atoms with Crippen LogP contribution in [-0.2, 0) is 0 Å². The molecular formula is C9H17Cl2N5. The van der Waals surface area contributed by atoms with Crippen LogP contribution in [0.3, 0.4) is 0 Å². The van der Waals surface area contributed by atoms with Crippen molar-refractivity contribution in [2.45, 2.75) is 18.8 Å². The summed E-state index contributed by atoms with van der Waals surface area (Å²) in [6, 6.07) is 0. The summed E-state index contributed by atoms with van der Waals surface area (Å²) in [5, 5.41) is 3.31. The Kier molecular flexibility index (Phi) is 6.40. The van der Waals surface area contributed by atoms with Crippen molar-refractivity contribution in [3.05, 3.63) is 11.8 Å². The molecule has 0 spiro atoms. The molecule has 1 aliphatic heterocycles. The largest absolute Gasteiger partial charge is 0.383 e. The van der Waals surface area contributed by atoms with Crippen molar-refractivity contribution < 1.29 is 0 Å². The van der Waals surface area contributed by atoms with Crippen LogP contribution in [0.25, 0.3) is 0 Å². The maximum Gasteiger partial charge on any atom is 0.221 e.